The Kier molecular flexibility index (Phi) is 7.11. The van der Waals surface area contributed by atoms with Crippen LogP contribution in [-0.2, 0) is 29.2 Å². The molecule has 10 nitrogen and oxygen atoms in total. The number of aromatic nitrogens is 6. The van der Waals surface area contributed by atoms with Crippen LogP contribution >= 0.6 is 0 Å². The largest absolute Gasteiger partial charge is 0.416 e. The van der Waals surface area contributed by atoms with E-state index in [9.17, 15) is 26.4 Å². The number of alkyl halides is 3. The van der Waals surface area contributed by atoms with Crippen LogP contribution in [0.15, 0.2) is 54.6 Å². The summed E-state index contributed by atoms with van der Waals surface area (Å²) < 4.78 is 70.1. The Morgan fingerprint density at radius 1 is 1.07 bits per heavy atom. The highest BCUT2D eigenvalue weighted by Crippen LogP contribution is 2.38. The first kappa shape index (κ1) is 28.0. The van der Waals surface area contributed by atoms with E-state index in [2.05, 4.69) is 25.6 Å². The van der Waals surface area contributed by atoms with Crippen molar-refractivity contribution in [3.05, 3.63) is 82.7 Å². The van der Waals surface area contributed by atoms with Gasteiger partial charge in [0.05, 0.1) is 22.9 Å². The number of H-pyrrole nitrogens is 1. The van der Waals surface area contributed by atoms with Crippen LogP contribution in [0.4, 0.5) is 13.2 Å². The van der Waals surface area contributed by atoms with Crippen molar-refractivity contribution < 1.29 is 26.4 Å². The standard InChI is InChI=1S/C27H24F3N7O3S/c1-4-23-31-24-15(2)11-18(26(38)34-41(3,39)40)13-22(24)37(23)14-17-10-9-16(12-21(17)27(28,29)30)19-7-5-6-8-20(19)25-32-35-36-33-25/h5-13H,4,14H2,1-3H3,(H,34,38)(H,32,33,35,36). The minimum Gasteiger partial charge on any atom is -0.323 e. The van der Waals surface area contributed by atoms with Crippen LogP contribution < -0.4 is 4.72 Å². The second kappa shape index (κ2) is 10.4. The number of tetrazole rings is 1. The third kappa shape index (κ3) is 5.68. The van der Waals surface area contributed by atoms with Crippen molar-refractivity contribution in [3.8, 4) is 22.5 Å². The molecule has 2 heterocycles. The third-order valence-corrected chi connectivity index (χ3v) is 7.10. The van der Waals surface area contributed by atoms with Gasteiger partial charge in [0.25, 0.3) is 5.91 Å². The molecule has 212 valence electrons. The van der Waals surface area contributed by atoms with E-state index in [1.807, 2.05) is 11.6 Å². The first-order chi connectivity index (χ1) is 19.4. The van der Waals surface area contributed by atoms with E-state index in [1.54, 1.807) is 41.8 Å². The number of benzene rings is 3. The fourth-order valence-electron chi connectivity index (χ4n) is 4.77. The molecule has 0 saturated heterocycles. The number of carbonyl (C=O) groups is 1. The number of amides is 1. The Balaban J connectivity index is 1.63. The molecule has 0 aliphatic rings. The highest BCUT2D eigenvalue weighted by atomic mass is 32.2. The van der Waals surface area contributed by atoms with Crippen LogP contribution in [0.3, 0.4) is 0 Å². The second-order valence-electron chi connectivity index (χ2n) is 9.48. The highest BCUT2D eigenvalue weighted by molar-refractivity contribution is 7.89. The Hall–Kier alpha value is -4.59. The molecule has 5 aromatic rings. The molecule has 2 aromatic heterocycles. The van der Waals surface area contributed by atoms with Crippen molar-refractivity contribution in [3.63, 3.8) is 0 Å². The molecule has 2 N–H and O–H groups in total. The van der Waals surface area contributed by atoms with Crippen molar-refractivity contribution in [2.75, 3.05) is 6.26 Å². The normalized spacial score (nSPS) is 12.1. The number of carbonyl (C=O) groups excluding carboxylic acids is 1. The van der Waals surface area contributed by atoms with E-state index in [4.69, 9.17) is 0 Å². The van der Waals surface area contributed by atoms with Crippen LogP contribution in [0.2, 0.25) is 0 Å². The average Bonchev–Trinajstić information content (AvgIpc) is 3.56. The van der Waals surface area contributed by atoms with Crippen molar-refractivity contribution in [1.82, 2.24) is 34.9 Å². The maximum absolute atomic E-state index is 14.5. The number of hydrogen-bond acceptors (Lipinski definition) is 7. The molecule has 0 aliphatic heterocycles. The van der Waals surface area contributed by atoms with Crippen molar-refractivity contribution in [2.45, 2.75) is 33.0 Å². The first-order valence-electron chi connectivity index (χ1n) is 12.4. The molecular formula is C27H24F3N7O3S. The number of rotatable bonds is 7. The highest BCUT2D eigenvalue weighted by Gasteiger charge is 2.34. The zero-order valence-corrected chi connectivity index (χ0v) is 22.9. The van der Waals surface area contributed by atoms with Crippen molar-refractivity contribution >= 4 is 27.0 Å². The van der Waals surface area contributed by atoms with Gasteiger partial charge in [-0.05, 0) is 52.6 Å². The molecule has 0 fully saturated rings. The summed E-state index contributed by atoms with van der Waals surface area (Å²) in [5.74, 6) is -0.0749. The zero-order valence-electron chi connectivity index (χ0n) is 22.1. The van der Waals surface area contributed by atoms with E-state index >= 15 is 0 Å². The number of fused-ring (bicyclic) bond motifs is 1. The molecule has 0 bridgehead atoms. The summed E-state index contributed by atoms with van der Waals surface area (Å²) in [6.45, 7) is 3.35. The molecule has 41 heavy (non-hydrogen) atoms. The topological polar surface area (TPSA) is 136 Å². The summed E-state index contributed by atoms with van der Waals surface area (Å²) in [7, 11) is -3.82. The third-order valence-electron chi connectivity index (χ3n) is 6.55. The van der Waals surface area contributed by atoms with Gasteiger partial charge in [0.15, 0.2) is 0 Å². The molecule has 5 rings (SSSR count). The van der Waals surface area contributed by atoms with Crippen LogP contribution in [0.5, 0.6) is 0 Å². The lowest BCUT2D eigenvalue weighted by atomic mass is 9.95. The van der Waals surface area contributed by atoms with E-state index in [0.717, 1.165) is 12.3 Å². The SMILES string of the molecule is CCc1nc2c(C)cc(C(=O)NS(C)(=O)=O)cc2n1Cc1ccc(-c2ccccc2-c2nn[nH]n2)cc1C(F)(F)F. The molecule has 0 atom stereocenters. The average molecular weight is 584 g/mol. The van der Waals surface area contributed by atoms with Crippen molar-refractivity contribution in [2.24, 2.45) is 0 Å². The summed E-state index contributed by atoms with van der Waals surface area (Å²) in [6, 6.07) is 13.9. The van der Waals surface area contributed by atoms with Gasteiger partial charge in [-0.2, -0.15) is 18.4 Å². The Labute approximate surface area is 232 Å². The fourth-order valence-corrected chi connectivity index (χ4v) is 5.22. The summed E-state index contributed by atoms with van der Waals surface area (Å²) in [4.78, 5) is 17.2. The fraction of sp³-hybridized carbons (Fsp3) is 0.222. The van der Waals surface area contributed by atoms with Gasteiger partial charge in [-0.15, -0.1) is 10.2 Å². The van der Waals surface area contributed by atoms with Gasteiger partial charge in [-0.1, -0.05) is 43.3 Å². The zero-order chi connectivity index (χ0) is 29.5. The summed E-state index contributed by atoms with van der Waals surface area (Å²) in [5, 5.41) is 13.8. The number of sulfonamides is 1. The molecule has 0 unspecified atom stereocenters. The maximum Gasteiger partial charge on any atom is 0.416 e. The number of aromatic amines is 1. The summed E-state index contributed by atoms with van der Waals surface area (Å²) in [6.07, 6.45) is -3.40. The van der Waals surface area contributed by atoms with Gasteiger partial charge in [0.1, 0.15) is 5.82 Å². The van der Waals surface area contributed by atoms with Crippen molar-refractivity contribution in [1.29, 1.82) is 0 Å². The molecular weight excluding hydrogens is 559 g/mol. The first-order valence-corrected chi connectivity index (χ1v) is 14.3. The van der Waals surface area contributed by atoms with Crippen LogP contribution in [0.1, 0.15) is 39.8 Å². The number of imidazole rings is 1. The van der Waals surface area contributed by atoms with E-state index in [-0.39, 0.29) is 23.5 Å². The number of aryl methyl sites for hydroxylation is 2. The van der Waals surface area contributed by atoms with Gasteiger partial charge in [-0.25, -0.2) is 18.1 Å². The number of nitrogens with one attached hydrogen (secondary N) is 2. The molecule has 0 radical (unpaired) electrons. The molecule has 3 aromatic carbocycles. The molecule has 0 saturated carbocycles. The van der Waals surface area contributed by atoms with Gasteiger partial charge < -0.3 is 4.57 Å². The summed E-state index contributed by atoms with van der Waals surface area (Å²) in [5.41, 5.74) is 2.07. The Morgan fingerprint density at radius 2 is 1.80 bits per heavy atom. The number of hydrogen-bond donors (Lipinski definition) is 2. The van der Waals surface area contributed by atoms with Gasteiger partial charge >= 0.3 is 6.18 Å². The number of halogens is 3. The smallest absolute Gasteiger partial charge is 0.323 e. The van der Waals surface area contributed by atoms with Gasteiger partial charge in [0, 0.05) is 24.1 Å². The van der Waals surface area contributed by atoms with E-state index in [1.165, 1.54) is 18.2 Å². The lowest BCUT2D eigenvalue weighted by Crippen LogP contribution is -2.29. The molecule has 0 aliphatic carbocycles. The van der Waals surface area contributed by atoms with Gasteiger partial charge in [0.2, 0.25) is 15.8 Å². The minimum atomic E-state index is -4.67. The van der Waals surface area contributed by atoms with E-state index in [0.29, 0.717) is 45.5 Å². The summed E-state index contributed by atoms with van der Waals surface area (Å²) >= 11 is 0. The molecule has 14 heteroatoms. The molecule has 1 amide bonds. The Bertz CT molecular complexity index is 1880. The number of nitrogens with zero attached hydrogens (tertiary/aromatic N) is 5. The monoisotopic (exact) mass is 583 g/mol. The predicted octanol–water partition coefficient (Wildman–Crippen LogP) is 4.51. The molecule has 0 spiro atoms. The quantitative estimate of drug-likeness (QED) is 0.288. The Morgan fingerprint density at radius 3 is 2.44 bits per heavy atom. The van der Waals surface area contributed by atoms with Crippen LogP contribution in [0.25, 0.3) is 33.5 Å². The van der Waals surface area contributed by atoms with Gasteiger partial charge in [-0.3, -0.25) is 4.79 Å². The van der Waals surface area contributed by atoms with E-state index < -0.39 is 27.7 Å². The minimum absolute atomic E-state index is 0.00376. The predicted molar refractivity (Wildman–Crippen MR) is 145 cm³/mol. The maximum atomic E-state index is 14.5. The second-order valence-corrected chi connectivity index (χ2v) is 11.2. The van der Waals surface area contributed by atoms with Crippen LogP contribution in [-0.4, -0.2) is 50.8 Å². The lowest BCUT2D eigenvalue weighted by molar-refractivity contribution is -0.138. The van der Waals surface area contributed by atoms with Crippen LogP contribution in [0, 0.1) is 6.92 Å². The lowest BCUT2D eigenvalue weighted by Gasteiger charge is -2.17.